The molecule has 2 rings (SSSR count). The summed E-state index contributed by atoms with van der Waals surface area (Å²) in [5.74, 6) is 0.166. The standard InChI is InChI=1S/C23H29NO6/c1-23(2,3)30-21(25)19-10-7-11-20(16-19)28-15-14-27-13-12-24-22(26)29-17-18-8-5-4-6-9-18/h4-11,16H,12-15,17H2,1-3H3,(H,24,26). The first kappa shape index (κ1) is 23.2. The summed E-state index contributed by atoms with van der Waals surface area (Å²) in [4.78, 5) is 23.7. The Morgan fingerprint density at radius 1 is 0.933 bits per heavy atom. The van der Waals surface area contributed by atoms with Gasteiger partial charge in [0.2, 0.25) is 0 Å². The minimum absolute atomic E-state index is 0.226. The van der Waals surface area contributed by atoms with Crippen LogP contribution >= 0.6 is 0 Å². The number of hydrogen-bond donors (Lipinski definition) is 1. The molecule has 30 heavy (non-hydrogen) atoms. The second-order valence-corrected chi connectivity index (χ2v) is 7.48. The lowest BCUT2D eigenvalue weighted by molar-refractivity contribution is 0.00689. The molecular formula is C23H29NO6. The van der Waals surface area contributed by atoms with Crippen molar-refractivity contribution in [3.05, 3.63) is 65.7 Å². The van der Waals surface area contributed by atoms with Gasteiger partial charge in [0, 0.05) is 6.54 Å². The van der Waals surface area contributed by atoms with Crippen molar-refractivity contribution >= 4 is 12.1 Å². The molecule has 1 amide bonds. The molecule has 0 aliphatic rings. The maximum absolute atomic E-state index is 12.1. The minimum atomic E-state index is -0.552. The molecule has 162 valence electrons. The van der Waals surface area contributed by atoms with Crippen molar-refractivity contribution in [2.75, 3.05) is 26.4 Å². The number of amides is 1. The summed E-state index contributed by atoms with van der Waals surface area (Å²) in [5.41, 5.74) is 0.808. The van der Waals surface area contributed by atoms with Crippen molar-refractivity contribution in [3.8, 4) is 5.75 Å². The molecule has 7 heteroatoms. The van der Waals surface area contributed by atoms with Gasteiger partial charge >= 0.3 is 12.1 Å². The Hall–Kier alpha value is -3.06. The monoisotopic (exact) mass is 415 g/mol. The van der Waals surface area contributed by atoms with Gasteiger partial charge in [0.15, 0.2) is 0 Å². The summed E-state index contributed by atoms with van der Waals surface area (Å²) in [6.45, 7) is 7.02. The predicted octanol–water partition coefficient (Wildman–Crippen LogP) is 3.96. The number of esters is 1. The lowest BCUT2D eigenvalue weighted by Crippen LogP contribution is -2.28. The normalized spacial score (nSPS) is 10.9. The van der Waals surface area contributed by atoms with E-state index in [0.29, 0.717) is 37.7 Å². The van der Waals surface area contributed by atoms with Gasteiger partial charge in [-0.1, -0.05) is 36.4 Å². The van der Waals surface area contributed by atoms with Gasteiger partial charge in [-0.2, -0.15) is 0 Å². The number of ether oxygens (including phenoxy) is 4. The molecular weight excluding hydrogens is 386 g/mol. The van der Waals surface area contributed by atoms with E-state index >= 15 is 0 Å². The van der Waals surface area contributed by atoms with Gasteiger partial charge in [-0.3, -0.25) is 0 Å². The second kappa shape index (κ2) is 11.8. The van der Waals surface area contributed by atoms with Crippen molar-refractivity contribution in [1.29, 1.82) is 0 Å². The second-order valence-electron chi connectivity index (χ2n) is 7.48. The van der Waals surface area contributed by atoms with Crippen LogP contribution < -0.4 is 10.1 Å². The Morgan fingerprint density at radius 3 is 2.43 bits per heavy atom. The number of carbonyl (C=O) groups excluding carboxylic acids is 2. The van der Waals surface area contributed by atoms with Crippen LogP contribution in [0.2, 0.25) is 0 Å². The zero-order valence-corrected chi connectivity index (χ0v) is 17.7. The van der Waals surface area contributed by atoms with E-state index in [1.165, 1.54) is 0 Å². The Labute approximate surface area is 177 Å². The van der Waals surface area contributed by atoms with Crippen LogP contribution in [-0.2, 0) is 20.8 Å². The van der Waals surface area contributed by atoms with E-state index in [2.05, 4.69) is 5.32 Å². The number of hydrogen-bond acceptors (Lipinski definition) is 6. The Balaban J connectivity index is 1.57. The SMILES string of the molecule is CC(C)(C)OC(=O)c1cccc(OCCOCCNC(=O)OCc2ccccc2)c1. The van der Waals surface area contributed by atoms with Gasteiger partial charge in [0.05, 0.1) is 18.8 Å². The van der Waals surface area contributed by atoms with Crippen LogP contribution in [0, 0.1) is 0 Å². The van der Waals surface area contributed by atoms with Crippen LogP contribution in [0.3, 0.4) is 0 Å². The Kier molecular flexibility index (Phi) is 9.15. The molecule has 0 saturated carbocycles. The minimum Gasteiger partial charge on any atom is -0.491 e. The first-order valence-electron chi connectivity index (χ1n) is 9.82. The van der Waals surface area contributed by atoms with E-state index in [9.17, 15) is 9.59 Å². The Morgan fingerprint density at radius 2 is 1.70 bits per heavy atom. The molecule has 0 aliphatic heterocycles. The van der Waals surface area contributed by atoms with E-state index in [4.69, 9.17) is 18.9 Å². The van der Waals surface area contributed by atoms with Crippen molar-refractivity contribution < 1.29 is 28.5 Å². The van der Waals surface area contributed by atoms with Crippen LogP contribution in [-0.4, -0.2) is 44.0 Å². The number of benzene rings is 2. The van der Waals surface area contributed by atoms with Crippen molar-refractivity contribution in [2.45, 2.75) is 33.0 Å². The zero-order valence-electron chi connectivity index (χ0n) is 17.7. The summed E-state index contributed by atoms with van der Waals surface area (Å²) in [5, 5.41) is 2.62. The summed E-state index contributed by atoms with van der Waals surface area (Å²) < 4.78 is 21.5. The third-order valence-electron chi connectivity index (χ3n) is 3.69. The number of alkyl carbamates (subject to hydrolysis) is 1. The molecule has 7 nitrogen and oxygen atoms in total. The fourth-order valence-electron chi connectivity index (χ4n) is 2.37. The van der Waals surface area contributed by atoms with Crippen LogP contribution in [0.5, 0.6) is 5.75 Å². The molecule has 0 radical (unpaired) electrons. The average Bonchev–Trinajstić information content (AvgIpc) is 2.71. The van der Waals surface area contributed by atoms with Gasteiger partial charge in [0.1, 0.15) is 24.6 Å². The van der Waals surface area contributed by atoms with Gasteiger partial charge < -0.3 is 24.3 Å². The van der Waals surface area contributed by atoms with Crippen LogP contribution in [0.25, 0.3) is 0 Å². The van der Waals surface area contributed by atoms with Crippen LogP contribution in [0.1, 0.15) is 36.7 Å². The summed E-state index contributed by atoms with van der Waals surface area (Å²) in [7, 11) is 0. The number of carbonyl (C=O) groups is 2. The van der Waals surface area contributed by atoms with Crippen LogP contribution in [0.15, 0.2) is 54.6 Å². The Bertz CT molecular complexity index is 801. The highest BCUT2D eigenvalue weighted by atomic mass is 16.6. The predicted molar refractivity (Wildman–Crippen MR) is 113 cm³/mol. The van der Waals surface area contributed by atoms with E-state index in [1.54, 1.807) is 24.3 Å². The fourth-order valence-corrected chi connectivity index (χ4v) is 2.37. The first-order chi connectivity index (χ1) is 14.3. The highest BCUT2D eigenvalue weighted by molar-refractivity contribution is 5.90. The quantitative estimate of drug-likeness (QED) is 0.467. The molecule has 2 aromatic rings. The van der Waals surface area contributed by atoms with Gasteiger partial charge in [-0.15, -0.1) is 0 Å². The lowest BCUT2D eigenvalue weighted by Gasteiger charge is -2.19. The van der Waals surface area contributed by atoms with Crippen molar-refractivity contribution in [1.82, 2.24) is 5.32 Å². The molecule has 1 N–H and O–H groups in total. The molecule has 0 heterocycles. The highest BCUT2D eigenvalue weighted by Gasteiger charge is 2.18. The van der Waals surface area contributed by atoms with Gasteiger partial charge in [-0.25, -0.2) is 9.59 Å². The van der Waals surface area contributed by atoms with E-state index < -0.39 is 17.7 Å². The van der Waals surface area contributed by atoms with E-state index in [-0.39, 0.29) is 6.61 Å². The number of nitrogens with one attached hydrogen (secondary N) is 1. The molecule has 0 aromatic heterocycles. The third kappa shape index (κ3) is 9.43. The molecule has 0 saturated heterocycles. The molecule has 0 bridgehead atoms. The molecule has 2 aromatic carbocycles. The number of rotatable bonds is 10. The fraction of sp³-hybridized carbons (Fsp3) is 0.391. The summed E-state index contributed by atoms with van der Waals surface area (Å²) in [6, 6.07) is 16.3. The van der Waals surface area contributed by atoms with Crippen LogP contribution in [0.4, 0.5) is 4.79 Å². The average molecular weight is 415 g/mol. The van der Waals surface area contributed by atoms with Crippen molar-refractivity contribution in [3.63, 3.8) is 0 Å². The largest absolute Gasteiger partial charge is 0.491 e. The topological polar surface area (TPSA) is 83.1 Å². The first-order valence-corrected chi connectivity index (χ1v) is 9.82. The molecule has 0 spiro atoms. The molecule has 0 aliphatic carbocycles. The van der Waals surface area contributed by atoms with Crippen molar-refractivity contribution in [2.24, 2.45) is 0 Å². The highest BCUT2D eigenvalue weighted by Crippen LogP contribution is 2.17. The zero-order chi connectivity index (χ0) is 21.8. The third-order valence-corrected chi connectivity index (χ3v) is 3.69. The maximum atomic E-state index is 12.1. The molecule has 0 fully saturated rings. The summed E-state index contributed by atoms with van der Waals surface area (Å²) >= 11 is 0. The van der Waals surface area contributed by atoms with Gasteiger partial charge in [0.25, 0.3) is 0 Å². The molecule has 0 unspecified atom stereocenters. The smallest absolute Gasteiger partial charge is 0.407 e. The lowest BCUT2D eigenvalue weighted by atomic mass is 10.1. The summed E-state index contributed by atoms with van der Waals surface area (Å²) in [6.07, 6.45) is -0.488. The molecule has 0 atom stereocenters. The van der Waals surface area contributed by atoms with Gasteiger partial charge in [-0.05, 0) is 44.5 Å². The maximum Gasteiger partial charge on any atom is 0.407 e. The van der Waals surface area contributed by atoms with E-state index in [1.807, 2.05) is 51.1 Å². The van der Waals surface area contributed by atoms with E-state index in [0.717, 1.165) is 5.56 Å².